The molecule has 8 heteroatoms. The van der Waals surface area contributed by atoms with Crippen molar-refractivity contribution in [2.24, 2.45) is 11.7 Å². The molecule has 1 aliphatic heterocycles. The summed E-state index contributed by atoms with van der Waals surface area (Å²) in [6.07, 6.45) is 2.72. The van der Waals surface area contributed by atoms with E-state index in [-0.39, 0.29) is 17.5 Å². The van der Waals surface area contributed by atoms with E-state index in [1.165, 1.54) is 6.07 Å². The highest BCUT2D eigenvalue weighted by Gasteiger charge is 2.23. The van der Waals surface area contributed by atoms with Crippen LogP contribution >= 0.6 is 0 Å². The molecule has 0 radical (unpaired) electrons. The quantitative estimate of drug-likeness (QED) is 0.624. The maximum atomic E-state index is 11.3. The van der Waals surface area contributed by atoms with Gasteiger partial charge in [0.2, 0.25) is 11.9 Å². The number of carbonyl (C=O) groups excluding carboxylic acids is 1. The first-order valence-corrected chi connectivity index (χ1v) is 7.80. The molecule has 1 aromatic rings. The maximum Gasteiger partial charge on any atom is 0.354 e. The van der Waals surface area contributed by atoms with Gasteiger partial charge in [-0.05, 0) is 45.3 Å². The van der Waals surface area contributed by atoms with Gasteiger partial charge in [-0.25, -0.2) is 14.8 Å². The number of nitrogens with one attached hydrogen (secondary N) is 1. The van der Waals surface area contributed by atoms with E-state index in [1.54, 1.807) is 6.92 Å². The molecule has 1 aliphatic rings. The molecule has 0 aromatic carbocycles. The van der Waals surface area contributed by atoms with Crippen molar-refractivity contribution in [1.29, 1.82) is 0 Å². The van der Waals surface area contributed by atoms with Crippen LogP contribution in [0.2, 0.25) is 0 Å². The summed E-state index contributed by atoms with van der Waals surface area (Å²) in [7, 11) is 0. The Labute approximate surface area is 135 Å². The Morgan fingerprint density at radius 3 is 2.96 bits per heavy atom. The molecule has 0 bridgehead atoms. The number of aryl methyl sites for hydroxylation is 1. The Bertz CT molecular complexity index is 578. The fourth-order valence-corrected chi connectivity index (χ4v) is 2.75. The molecule has 126 valence electrons. The first-order chi connectivity index (χ1) is 11.0. The monoisotopic (exact) mass is 321 g/mol. The fraction of sp³-hybridized carbons (Fsp3) is 0.600. The molecule has 0 saturated carbocycles. The summed E-state index contributed by atoms with van der Waals surface area (Å²) < 4.78 is 0. The number of piperidine rings is 1. The summed E-state index contributed by atoms with van der Waals surface area (Å²) in [5, 5.41) is 12.0. The van der Waals surface area contributed by atoms with Crippen molar-refractivity contribution in [3.05, 3.63) is 17.5 Å². The Hall–Kier alpha value is -2.22. The standard InChI is InChI=1S/C15H23N5O3/c1-10-8-12(14(22)23)19-15(18-10)17-5-3-7-20-6-2-4-11(9-20)13(16)21/h8,11H,2-7,9H2,1H3,(H2,16,21)(H,22,23)(H,17,18,19). The van der Waals surface area contributed by atoms with E-state index in [0.29, 0.717) is 18.2 Å². The van der Waals surface area contributed by atoms with Crippen LogP contribution in [0, 0.1) is 12.8 Å². The van der Waals surface area contributed by atoms with E-state index in [9.17, 15) is 9.59 Å². The summed E-state index contributed by atoms with van der Waals surface area (Å²) in [6.45, 7) is 4.93. The molecular weight excluding hydrogens is 298 g/mol. The number of primary amides is 1. The summed E-state index contributed by atoms with van der Waals surface area (Å²) in [4.78, 5) is 32.6. The first kappa shape index (κ1) is 17.1. The van der Waals surface area contributed by atoms with Crippen molar-refractivity contribution >= 4 is 17.8 Å². The normalized spacial score (nSPS) is 18.6. The lowest BCUT2D eigenvalue weighted by Crippen LogP contribution is -2.41. The Morgan fingerprint density at radius 1 is 1.48 bits per heavy atom. The largest absolute Gasteiger partial charge is 0.477 e. The van der Waals surface area contributed by atoms with Crippen LogP contribution in [-0.2, 0) is 4.79 Å². The summed E-state index contributed by atoms with van der Waals surface area (Å²) in [5.74, 6) is -1.00. The molecule has 1 unspecified atom stereocenters. The van der Waals surface area contributed by atoms with Gasteiger partial charge in [0, 0.05) is 18.8 Å². The highest BCUT2D eigenvalue weighted by atomic mass is 16.4. The number of hydrogen-bond donors (Lipinski definition) is 3. The molecule has 4 N–H and O–H groups in total. The number of nitrogens with zero attached hydrogens (tertiary/aromatic N) is 3. The fourth-order valence-electron chi connectivity index (χ4n) is 2.75. The van der Waals surface area contributed by atoms with E-state index < -0.39 is 5.97 Å². The van der Waals surface area contributed by atoms with Crippen molar-refractivity contribution in [3.8, 4) is 0 Å². The van der Waals surface area contributed by atoms with Crippen LogP contribution in [0.3, 0.4) is 0 Å². The van der Waals surface area contributed by atoms with E-state index >= 15 is 0 Å². The number of aromatic carboxylic acids is 1. The van der Waals surface area contributed by atoms with Gasteiger partial charge in [-0.3, -0.25) is 4.79 Å². The average Bonchev–Trinajstić information content (AvgIpc) is 2.51. The lowest BCUT2D eigenvalue weighted by atomic mass is 9.97. The van der Waals surface area contributed by atoms with Crippen LogP contribution in [0.5, 0.6) is 0 Å². The SMILES string of the molecule is Cc1cc(C(=O)O)nc(NCCCN2CCCC(C(N)=O)C2)n1. The van der Waals surface area contributed by atoms with E-state index in [0.717, 1.165) is 38.9 Å². The van der Waals surface area contributed by atoms with Gasteiger partial charge >= 0.3 is 5.97 Å². The molecule has 1 saturated heterocycles. The predicted molar refractivity (Wildman–Crippen MR) is 85.2 cm³/mol. The second kappa shape index (κ2) is 7.87. The summed E-state index contributed by atoms with van der Waals surface area (Å²) in [6, 6.07) is 1.44. The number of amides is 1. The number of nitrogens with two attached hydrogens (primary N) is 1. The van der Waals surface area contributed by atoms with Crippen LogP contribution in [0.25, 0.3) is 0 Å². The lowest BCUT2D eigenvalue weighted by molar-refractivity contribution is -0.123. The zero-order chi connectivity index (χ0) is 16.8. The molecule has 0 spiro atoms. The van der Waals surface area contributed by atoms with Crippen molar-refractivity contribution in [2.75, 3.05) is 31.5 Å². The topological polar surface area (TPSA) is 121 Å². The number of likely N-dealkylation sites (tertiary alicyclic amines) is 1. The molecule has 0 aliphatic carbocycles. The van der Waals surface area contributed by atoms with Crippen LogP contribution in [0.4, 0.5) is 5.95 Å². The third kappa shape index (κ3) is 5.17. The molecule has 1 amide bonds. The van der Waals surface area contributed by atoms with Gasteiger partial charge in [-0.15, -0.1) is 0 Å². The molecule has 2 heterocycles. The third-order valence-corrected chi connectivity index (χ3v) is 3.92. The molecule has 8 nitrogen and oxygen atoms in total. The third-order valence-electron chi connectivity index (χ3n) is 3.92. The zero-order valence-electron chi connectivity index (χ0n) is 13.3. The average molecular weight is 321 g/mol. The van der Waals surface area contributed by atoms with E-state index in [1.807, 2.05) is 0 Å². The molecular formula is C15H23N5O3. The van der Waals surface area contributed by atoms with E-state index in [2.05, 4.69) is 20.2 Å². The number of carbonyl (C=O) groups is 2. The van der Waals surface area contributed by atoms with Crippen LogP contribution < -0.4 is 11.1 Å². The van der Waals surface area contributed by atoms with Crippen LogP contribution in [-0.4, -0.2) is 58.0 Å². The van der Waals surface area contributed by atoms with Crippen molar-refractivity contribution in [1.82, 2.24) is 14.9 Å². The predicted octanol–water partition coefficient (Wildman–Crippen LogP) is 0.483. The van der Waals surface area contributed by atoms with Crippen LogP contribution in [0.15, 0.2) is 6.07 Å². The summed E-state index contributed by atoms with van der Waals surface area (Å²) >= 11 is 0. The van der Waals surface area contributed by atoms with Gasteiger partial charge in [0.15, 0.2) is 5.69 Å². The Kier molecular flexibility index (Phi) is 5.86. The van der Waals surface area contributed by atoms with Crippen molar-refractivity contribution in [3.63, 3.8) is 0 Å². The summed E-state index contributed by atoms with van der Waals surface area (Å²) in [5.41, 5.74) is 5.97. The Balaban J connectivity index is 1.77. The van der Waals surface area contributed by atoms with Gasteiger partial charge in [-0.2, -0.15) is 0 Å². The first-order valence-electron chi connectivity index (χ1n) is 7.80. The van der Waals surface area contributed by atoms with Crippen molar-refractivity contribution in [2.45, 2.75) is 26.2 Å². The lowest BCUT2D eigenvalue weighted by Gasteiger charge is -2.31. The molecule has 1 aromatic heterocycles. The Morgan fingerprint density at radius 2 is 2.26 bits per heavy atom. The number of carboxylic acid groups (broad SMARTS) is 1. The highest BCUT2D eigenvalue weighted by Crippen LogP contribution is 2.16. The highest BCUT2D eigenvalue weighted by molar-refractivity contribution is 5.85. The van der Waals surface area contributed by atoms with Gasteiger partial charge in [0.25, 0.3) is 0 Å². The van der Waals surface area contributed by atoms with Crippen molar-refractivity contribution < 1.29 is 14.7 Å². The molecule has 1 fully saturated rings. The number of hydrogen-bond acceptors (Lipinski definition) is 6. The van der Waals surface area contributed by atoms with Crippen LogP contribution in [0.1, 0.15) is 35.4 Å². The molecule has 23 heavy (non-hydrogen) atoms. The van der Waals surface area contributed by atoms with E-state index in [4.69, 9.17) is 10.8 Å². The number of anilines is 1. The van der Waals surface area contributed by atoms with Gasteiger partial charge in [0.05, 0.1) is 5.92 Å². The zero-order valence-corrected chi connectivity index (χ0v) is 13.3. The van der Waals surface area contributed by atoms with Gasteiger partial charge in [-0.1, -0.05) is 0 Å². The minimum atomic E-state index is -1.07. The number of aromatic nitrogens is 2. The molecule has 2 rings (SSSR count). The van der Waals surface area contributed by atoms with Gasteiger partial charge in [0.1, 0.15) is 0 Å². The maximum absolute atomic E-state index is 11.3. The minimum absolute atomic E-state index is 0.0136. The smallest absolute Gasteiger partial charge is 0.354 e. The van der Waals surface area contributed by atoms with Gasteiger partial charge < -0.3 is 21.1 Å². The second-order valence-corrected chi connectivity index (χ2v) is 5.85. The second-order valence-electron chi connectivity index (χ2n) is 5.85. The molecule has 1 atom stereocenters. The number of rotatable bonds is 7. The minimum Gasteiger partial charge on any atom is -0.477 e. The number of carboxylic acids is 1.